The second-order valence-corrected chi connectivity index (χ2v) is 10.6. The van der Waals surface area contributed by atoms with E-state index < -0.39 is 59.7 Å². The lowest BCUT2D eigenvalue weighted by Crippen LogP contribution is -2.58. The number of carboxylic acids is 1. The van der Waals surface area contributed by atoms with Gasteiger partial charge >= 0.3 is 5.97 Å². The van der Waals surface area contributed by atoms with Crippen molar-refractivity contribution in [3.63, 3.8) is 0 Å². The summed E-state index contributed by atoms with van der Waals surface area (Å²) in [5, 5.41) is 18.4. The molecular formula is C30H38N6O6. The van der Waals surface area contributed by atoms with E-state index in [1.165, 1.54) is 0 Å². The molecule has 0 saturated heterocycles. The number of H-pyrrole nitrogens is 1. The summed E-state index contributed by atoms with van der Waals surface area (Å²) >= 11 is 0. The van der Waals surface area contributed by atoms with Crippen LogP contribution in [0.1, 0.15) is 37.8 Å². The minimum absolute atomic E-state index is 0.00177. The Morgan fingerprint density at radius 3 is 2.07 bits per heavy atom. The van der Waals surface area contributed by atoms with Gasteiger partial charge in [-0.2, -0.15) is 0 Å². The zero-order valence-electron chi connectivity index (χ0n) is 23.6. The second kappa shape index (κ2) is 14.8. The number of aliphatic carboxylic acids is 1. The summed E-state index contributed by atoms with van der Waals surface area (Å²) in [6, 6.07) is 11.9. The maximum atomic E-state index is 13.7. The lowest BCUT2D eigenvalue weighted by atomic mass is 10.00. The molecular weight excluding hydrogens is 540 g/mol. The van der Waals surface area contributed by atoms with Crippen molar-refractivity contribution < 1.29 is 29.1 Å². The number of benzene rings is 2. The van der Waals surface area contributed by atoms with E-state index in [1.54, 1.807) is 44.3 Å². The molecule has 42 heavy (non-hydrogen) atoms. The van der Waals surface area contributed by atoms with Crippen molar-refractivity contribution in [1.29, 1.82) is 0 Å². The molecule has 0 radical (unpaired) electrons. The van der Waals surface area contributed by atoms with Gasteiger partial charge in [0.1, 0.15) is 18.1 Å². The van der Waals surface area contributed by atoms with Crippen LogP contribution in [0.5, 0.6) is 0 Å². The van der Waals surface area contributed by atoms with Crippen LogP contribution in [0.4, 0.5) is 0 Å². The summed E-state index contributed by atoms with van der Waals surface area (Å²) in [6.07, 6.45) is 1.77. The van der Waals surface area contributed by atoms with E-state index in [1.807, 2.05) is 30.3 Å². The van der Waals surface area contributed by atoms with Crippen molar-refractivity contribution >= 4 is 40.5 Å². The molecule has 0 aliphatic rings. The third-order valence-electron chi connectivity index (χ3n) is 6.92. The number of para-hydroxylation sites is 1. The lowest BCUT2D eigenvalue weighted by Gasteiger charge is -2.26. The number of aromatic nitrogens is 1. The quantitative estimate of drug-likeness (QED) is 0.137. The molecule has 0 fully saturated rings. The van der Waals surface area contributed by atoms with Crippen LogP contribution in [0, 0.1) is 5.92 Å². The van der Waals surface area contributed by atoms with Crippen LogP contribution >= 0.6 is 0 Å². The highest BCUT2D eigenvalue weighted by Crippen LogP contribution is 2.19. The number of primary amides is 1. The van der Waals surface area contributed by atoms with Crippen molar-refractivity contribution in [1.82, 2.24) is 20.9 Å². The van der Waals surface area contributed by atoms with E-state index in [0.29, 0.717) is 0 Å². The molecule has 12 heteroatoms. The van der Waals surface area contributed by atoms with E-state index in [4.69, 9.17) is 11.5 Å². The van der Waals surface area contributed by atoms with Crippen molar-refractivity contribution in [3.05, 3.63) is 71.9 Å². The molecule has 0 aliphatic carbocycles. The molecule has 1 heterocycles. The summed E-state index contributed by atoms with van der Waals surface area (Å²) in [5.74, 6) is -4.22. The van der Waals surface area contributed by atoms with Crippen LogP contribution in [0.3, 0.4) is 0 Å². The molecule has 1 aromatic heterocycles. The number of rotatable bonds is 15. The Bertz CT molecular complexity index is 1410. The third-order valence-corrected chi connectivity index (χ3v) is 6.92. The molecule has 0 saturated carbocycles. The summed E-state index contributed by atoms with van der Waals surface area (Å²) in [6.45, 7) is 3.33. The monoisotopic (exact) mass is 578 g/mol. The van der Waals surface area contributed by atoms with Gasteiger partial charge in [0, 0.05) is 36.4 Å². The molecule has 224 valence electrons. The SMILES string of the molecule is CC(C)C(NC(=O)C(Cc1c[nH]c2ccccc12)NC(=O)C(Cc1ccccc1)NC(=O)C(N)CCC(N)=O)C(=O)O. The standard InChI is InChI=1S/C30H38N6O6/c1-17(2)26(30(41)42)36-29(40)24(15-19-16-33-22-11-7-6-10-20(19)22)35-28(39)23(14-18-8-4-3-5-9-18)34-27(38)21(31)12-13-25(32)37/h3-11,16-17,21,23-24,26,33H,12-15,31H2,1-2H3,(H2,32,37)(H,34,38)(H,35,39)(H,36,40)(H,41,42). The van der Waals surface area contributed by atoms with Crippen LogP contribution < -0.4 is 27.4 Å². The Kier molecular flexibility index (Phi) is 11.2. The third kappa shape index (κ3) is 8.90. The van der Waals surface area contributed by atoms with Crippen molar-refractivity contribution in [2.75, 3.05) is 0 Å². The van der Waals surface area contributed by atoms with Crippen LogP contribution in [0.25, 0.3) is 10.9 Å². The van der Waals surface area contributed by atoms with Crippen LogP contribution in [0.2, 0.25) is 0 Å². The van der Waals surface area contributed by atoms with Crippen molar-refractivity contribution in [3.8, 4) is 0 Å². The molecule has 4 unspecified atom stereocenters. The number of fused-ring (bicyclic) bond motifs is 1. The van der Waals surface area contributed by atoms with Crippen molar-refractivity contribution in [2.45, 2.75) is 63.7 Å². The van der Waals surface area contributed by atoms with Crippen molar-refractivity contribution in [2.24, 2.45) is 17.4 Å². The van der Waals surface area contributed by atoms with E-state index in [-0.39, 0.29) is 25.7 Å². The molecule has 2 aromatic carbocycles. The largest absolute Gasteiger partial charge is 0.480 e. The Hall–Kier alpha value is -4.71. The van der Waals surface area contributed by atoms with Gasteiger partial charge < -0.3 is 37.5 Å². The fourth-order valence-electron chi connectivity index (χ4n) is 4.54. The maximum Gasteiger partial charge on any atom is 0.326 e. The number of amides is 4. The lowest BCUT2D eigenvalue weighted by molar-refractivity contribution is -0.143. The number of carboxylic acid groups (broad SMARTS) is 1. The first kappa shape index (κ1) is 31.8. The summed E-state index contributed by atoms with van der Waals surface area (Å²) in [5.41, 5.74) is 13.4. The van der Waals surface area contributed by atoms with Crippen LogP contribution in [0.15, 0.2) is 60.8 Å². The normalized spacial score (nSPS) is 14.0. The van der Waals surface area contributed by atoms with E-state index in [0.717, 1.165) is 22.0 Å². The number of hydrogen-bond donors (Lipinski definition) is 7. The zero-order valence-corrected chi connectivity index (χ0v) is 23.6. The molecule has 0 aliphatic heterocycles. The first-order chi connectivity index (χ1) is 20.0. The van der Waals surface area contributed by atoms with E-state index in [9.17, 15) is 29.1 Å². The Labute approximate surface area is 243 Å². The average molecular weight is 579 g/mol. The molecule has 4 atom stereocenters. The van der Waals surface area contributed by atoms with Gasteiger partial charge in [0.05, 0.1) is 6.04 Å². The minimum atomic E-state index is -1.20. The van der Waals surface area contributed by atoms with E-state index >= 15 is 0 Å². The average Bonchev–Trinajstić information content (AvgIpc) is 3.36. The molecule has 0 spiro atoms. The summed E-state index contributed by atoms with van der Waals surface area (Å²) in [4.78, 5) is 66.1. The van der Waals surface area contributed by atoms with Gasteiger partial charge in [-0.1, -0.05) is 62.4 Å². The number of aromatic amines is 1. The zero-order chi connectivity index (χ0) is 30.8. The van der Waals surface area contributed by atoms with Gasteiger partial charge in [-0.25, -0.2) is 4.79 Å². The summed E-state index contributed by atoms with van der Waals surface area (Å²) in [7, 11) is 0. The van der Waals surface area contributed by atoms with Crippen LogP contribution in [-0.2, 0) is 36.8 Å². The highest BCUT2D eigenvalue weighted by atomic mass is 16.4. The topological polar surface area (TPSA) is 210 Å². The van der Waals surface area contributed by atoms with Crippen LogP contribution in [-0.4, -0.2) is 63.9 Å². The molecule has 3 aromatic rings. The number of nitrogens with one attached hydrogen (secondary N) is 4. The molecule has 9 N–H and O–H groups in total. The smallest absolute Gasteiger partial charge is 0.326 e. The Morgan fingerprint density at radius 1 is 0.833 bits per heavy atom. The first-order valence-electron chi connectivity index (χ1n) is 13.7. The minimum Gasteiger partial charge on any atom is -0.480 e. The Balaban J connectivity index is 1.88. The predicted molar refractivity (Wildman–Crippen MR) is 157 cm³/mol. The fourth-order valence-corrected chi connectivity index (χ4v) is 4.54. The predicted octanol–water partition coefficient (Wildman–Crippen LogP) is 0.741. The first-order valence-corrected chi connectivity index (χ1v) is 13.7. The number of hydrogen-bond acceptors (Lipinski definition) is 6. The number of carbonyl (C=O) groups is 5. The molecule has 0 bridgehead atoms. The highest BCUT2D eigenvalue weighted by molar-refractivity contribution is 5.95. The van der Waals surface area contributed by atoms with Gasteiger partial charge in [0.25, 0.3) is 0 Å². The number of carbonyl (C=O) groups excluding carboxylic acids is 4. The van der Waals surface area contributed by atoms with E-state index in [2.05, 4.69) is 20.9 Å². The highest BCUT2D eigenvalue weighted by Gasteiger charge is 2.32. The maximum absolute atomic E-state index is 13.7. The molecule has 4 amide bonds. The van der Waals surface area contributed by atoms with Gasteiger partial charge in [0.2, 0.25) is 23.6 Å². The molecule has 3 rings (SSSR count). The second-order valence-electron chi connectivity index (χ2n) is 10.6. The molecule has 12 nitrogen and oxygen atoms in total. The van der Waals surface area contributed by atoms with Gasteiger partial charge in [-0.15, -0.1) is 0 Å². The summed E-state index contributed by atoms with van der Waals surface area (Å²) < 4.78 is 0. The van der Waals surface area contributed by atoms with Gasteiger partial charge in [-0.05, 0) is 29.5 Å². The Morgan fingerprint density at radius 2 is 1.43 bits per heavy atom. The number of nitrogens with two attached hydrogens (primary N) is 2. The fraction of sp³-hybridized carbons (Fsp3) is 0.367. The van der Waals surface area contributed by atoms with Gasteiger partial charge in [0.15, 0.2) is 0 Å². The van der Waals surface area contributed by atoms with Gasteiger partial charge in [-0.3, -0.25) is 19.2 Å².